The molecular weight excluding hydrogens is 602 g/mol. The fourth-order valence-corrected chi connectivity index (χ4v) is 6.51. The topological polar surface area (TPSA) is 120 Å². The van der Waals surface area contributed by atoms with Gasteiger partial charge in [0, 0.05) is 35.2 Å². The first-order valence-corrected chi connectivity index (χ1v) is 15.7. The lowest BCUT2D eigenvalue weighted by molar-refractivity contribution is 0.0947. The fourth-order valence-electron chi connectivity index (χ4n) is 6.51. The van der Waals surface area contributed by atoms with E-state index in [1.54, 1.807) is 35.2 Å². The van der Waals surface area contributed by atoms with Gasteiger partial charge in [-0.25, -0.2) is 9.48 Å². The van der Waals surface area contributed by atoms with Gasteiger partial charge in [-0.3, -0.25) is 14.5 Å². The Morgan fingerprint density at radius 2 is 1.48 bits per heavy atom. The number of nitrogens with two attached hydrogens (primary N) is 1. The van der Waals surface area contributed by atoms with Gasteiger partial charge in [-0.1, -0.05) is 78.9 Å². The fraction of sp³-hybridized carbons (Fsp3) is 0.128. The Morgan fingerprint density at radius 1 is 0.812 bits per heavy atom. The van der Waals surface area contributed by atoms with Crippen molar-refractivity contribution >= 4 is 28.8 Å². The standard InChI is InChI=1S/C39H33N5O4/c1-48-39(47)43(36-31-14-4-2-12-29(31)30-13-3-5-15-32(30)36)23-9-22-41-38(46)27-11-8-10-26(24-27)35-33-16-6-7-17-34(33)44(42-35)28-20-18-25(19-21-28)37(40)45/h2-8,10-21,24,36H,9,22-23H2,1H3,(H2,40,45)(H,41,46). The SMILES string of the molecule is COC(=O)N(CCCNC(=O)c1cccc(-c2nn(-c3ccc(C(N)=O)cc3)c3ccccc23)c1)C1c2ccccc2-c2ccccc21. The van der Waals surface area contributed by atoms with Crippen LogP contribution in [0.2, 0.25) is 0 Å². The Kier molecular flexibility index (Phi) is 8.17. The van der Waals surface area contributed by atoms with Gasteiger partial charge >= 0.3 is 6.09 Å². The summed E-state index contributed by atoms with van der Waals surface area (Å²) in [5.74, 6) is -0.711. The summed E-state index contributed by atoms with van der Waals surface area (Å²) in [6.07, 6.45) is 0.117. The number of carbonyl (C=O) groups excluding carboxylic acids is 3. The molecule has 9 heteroatoms. The van der Waals surface area contributed by atoms with Crippen LogP contribution in [-0.4, -0.2) is 52.8 Å². The van der Waals surface area contributed by atoms with E-state index < -0.39 is 12.0 Å². The zero-order chi connectivity index (χ0) is 33.2. The first kappa shape index (κ1) is 30.4. The summed E-state index contributed by atoms with van der Waals surface area (Å²) >= 11 is 0. The summed E-state index contributed by atoms with van der Waals surface area (Å²) in [6.45, 7) is 0.760. The minimum Gasteiger partial charge on any atom is -0.453 e. The molecule has 0 radical (unpaired) electrons. The number of fused-ring (bicyclic) bond motifs is 4. The molecule has 238 valence electrons. The highest BCUT2D eigenvalue weighted by atomic mass is 16.5. The number of carbonyl (C=O) groups is 3. The maximum absolute atomic E-state index is 13.3. The lowest BCUT2D eigenvalue weighted by Crippen LogP contribution is -2.37. The van der Waals surface area contributed by atoms with Crippen molar-refractivity contribution in [1.29, 1.82) is 0 Å². The minimum atomic E-state index is -0.492. The molecule has 0 saturated carbocycles. The number of benzene rings is 5. The summed E-state index contributed by atoms with van der Waals surface area (Å²) in [7, 11) is 1.39. The number of primary amides is 1. The summed E-state index contributed by atoms with van der Waals surface area (Å²) in [4.78, 5) is 39.7. The van der Waals surface area contributed by atoms with Crippen LogP contribution in [0.25, 0.3) is 39.0 Å². The second-order valence-corrected chi connectivity index (χ2v) is 11.6. The highest BCUT2D eigenvalue weighted by Gasteiger charge is 2.35. The van der Waals surface area contributed by atoms with Crippen LogP contribution in [0.5, 0.6) is 0 Å². The molecule has 0 aliphatic heterocycles. The third-order valence-electron chi connectivity index (χ3n) is 8.77. The molecule has 48 heavy (non-hydrogen) atoms. The molecule has 6 aromatic rings. The van der Waals surface area contributed by atoms with Crippen molar-refractivity contribution in [2.45, 2.75) is 12.5 Å². The maximum Gasteiger partial charge on any atom is 0.410 e. The second-order valence-electron chi connectivity index (χ2n) is 11.6. The summed E-state index contributed by atoms with van der Waals surface area (Å²) in [6, 6.07) is 38.2. The normalized spacial score (nSPS) is 11.9. The minimum absolute atomic E-state index is 0.219. The quantitative estimate of drug-likeness (QED) is 0.170. The van der Waals surface area contributed by atoms with Crippen molar-refractivity contribution in [2.24, 2.45) is 5.73 Å². The van der Waals surface area contributed by atoms with Crippen molar-refractivity contribution < 1.29 is 19.1 Å². The largest absolute Gasteiger partial charge is 0.453 e. The van der Waals surface area contributed by atoms with Gasteiger partial charge in [-0.05, 0) is 71.1 Å². The van der Waals surface area contributed by atoms with E-state index >= 15 is 0 Å². The molecular formula is C39H33N5O4. The average molecular weight is 636 g/mol. The van der Waals surface area contributed by atoms with Crippen LogP contribution in [-0.2, 0) is 4.74 Å². The van der Waals surface area contributed by atoms with E-state index in [1.807, 2.05) is 71.4 Å². The van der Waals surface area contributed by atoms with Gasteiger partial charge in [0.25, 0.3) is 5.91 Å². The van der Waals surface area contributed by atoms with Crippen LogP contribution in [0.4, 0.5) is 4.79 Å². The van der Waals surface area contributed by atoms with E-state index in [-0.39, 0.29) is 11.9 Å². The van der Waals surface area contributed by atoms with Gasteiger partial charge in [0.1, 0.15) is 5.69 Å². The molecule has 3 N–H and O–H groups in total. The van der Waals surface area contributed by atoms with E-state index in [2.05, 4.69) is 29.6 Å². The second kappa shape index (κ2) is 12.9. The van der Waals surface area contributed by atoms with E-state index in [0.29, 0.717) is 30.6 Å². The molecule has 0 spiro atoms. The molecule has 1 heterocycles. The van der Waals surface area contributed by atoms with E-state index in [4.69, 9.17) is 15.6 Å². The number of amides is 3. The molecule has 0 fully saturated rings. The average Bonchev–Trinajstić information content (AvgIpc) is 3.68. The third kappa shape index (κ3) is 5.55. The predicted molar refractivity (Wildman–Crippen MR) is 185 cm³/mol. The monoisotopic (exact) mass is 635 g/mol. The number of hydrogen-bond acceptors (Lipinski definition) is 5. The predicted octanol–water partition coefficient (Wildman–Crippen LogP) is 6.75. The highest BCUT2D eigenvalue weighted by Crippen LogP contribution is 2.46. The third-order valence-corrected chi connectivity index (χ3v) is 8.77. The van der Waals surface area contributed by atoms with Gasteiger partial charge in [0.15, 0.2) is 0 Å². The molecule has 0 unspecified atom stereocenters. The van der Waals surface area contributed by atoms with Crippen molar-refractivity contribution in [1.82, 2.24) is 20.0 Å². The van der Waals surface area contributed by atoms with Crippen LogP contribution in [0, 0.1) is 0 Å². The Hall–Kier alpha value is -6.22. The number of rotatable bonds is 9. The number of nitrogens with one attached hydrogen (secondary N) is 1. The molecule has 1 aliphatic rings. The zero-order valence-corrected chi connectivity index (χ0v) is 26.3. The first-order chi connectivity index (χ1) is 23.4. The molecule has 3 amide bonds. The number of hydrogen-bond donors (Lipinski definition) is 2. The lowest BCUT2D eigenvalue weighted by atomic mass is 10.0. The molecule has 9 nitrogen and oxygen atoms in total. The van der Waals surface area contributed by atoms with Gasteiger partial charge in [0.2, 0.25) is 5.91 Å². The zero-order valence-electron chi connectivity index (χ0n) is 26.3. The van der Waals surface area contributed by atoms with Crippen LogP contribution >= 0.6 is 0 Å². The molecule has 1 aromatic heterocycles. The van der Waals surface area contributed by atoms with Crippen molar-refractivity contribution in [3.63, 3.8) is 0 Å². The summed E-state index contributed by atoms with van der Waals surface area (Å²) in [5, 5.41) is 8.86. The van der Waals surface area contributed by atoms with Crippen LogP contribution in [0.1, 0.15) is 44.3 Å². The van der Waals surface area contributed by atoms with E-state index in [9.17, 15) is 14.4 Å². The summed E-state index contributed by atoms with van der Waals surface area (Å²) < 4.78 is 7.02. The smallest absolute Gasteiger partial charge is 0.410 e. The van der Waals surface area contributed by atoms with Crippen molar-refractivity contribution in [3.8, 4) is 28.1 Å². The molecule has 0 atom stereocenters. The number of nitrogens with zero attached hydrogens (tertiary/aromatic N) is 3. The number of ether oxygens (including phenoxy) is 1. The highest BCUT2D eigenvalue weighted by molar-refractivity contribution is 5.98. The van der Waals surface area contributed by atoms with E-state index in [0.717, 1.165) is 50.1 Å². The maximum atomic E-state index is 13.3. The Morgan fingerprint density at radius 3 is 2.17 bits per heavy atom. The van der Waals surface area contributed by atoms with Gasteiger partial charge < -0.3 is 15.8 Å². The molecule has 7 rings (SSSR count). The van der Waals surface area contributed by atoms with Crippen LogP contribution in [0.15, 0.2) is 121 Å². The number of methoxy groups -OCH3 is 1. The first-order valence-electron chi connectivity index (χ1n) is 15.7. The van der Waals surface area contributed by atoms with Crippen molar-refractivity contribution in [3.05, 3.63) is 144 Å². The lowest BCUT2D eigenvalue weighted by Gasteiger charge is -2.29. The van der Waals surface area contributed by atoms with Gasteiger partial charge in [-0.15, -0.1) is 0 Å². The summed E-state index contributed by atoms with van der Waals surface area (Å²) in [5.41, 5.74) is 13.9. The number of aromatic nitrogens is 2. The Labute approximate surface area is 277 Å². The molecule has 0 saturated heterocycles. The Bertz CT molecular complexity index is 2130. The molecule has 0 bridgehead atoms. The van der Waals surface area contributed by atoms with Crippen molar-refractivity contribution in [2.75, 3.05) is 20.2 Å². The van der Waals surface area contributed by atoms with Gasteiger partial charge in [-0.2, -0.15) is 5.10 Å². The Balaban J connectivity index is 1.07. The molecule has 5 aromatic carbocycles. The molecule has 1 aliphatic carbocycles. The number of para-hydroxylation sites is 1. The van der Waals surface area contributed by atoms with Crippen LogP contribution < -0.4 is 11.1 Å². The van der Waals surface area contributed by atoms with Crippen LogP contribution in [0.3, 0.4) is 0 Å². The van der Waals surface area contributed by atoms with Gasteiger partial charge in [0.05, 0.1) is 24.4 Å². The van der Waals surface area contributed by atoms with E-state index in [1.165, 1.54) is 7.11 Å².